The van der Waals surface area contributed by atoms with Gasteiger partial charge in [0, 0.05) is 13.1 Å². The summed E-state index contributed by atoms with van der Waals surface area (Å²) in [6, 6.07) is 7.98. The Hall–Kier alpha value is -1.79. The van der Waals surface area contributed by atoms with Crippen molar-refractivity contribution in [3.63, 3.8) is 0 Å². The van der Waals surface area contributed by atoms with Crippen LogP contribution in [-0.2, 0) is 17.1 Å². The van der Waals surface area contributed by atoms with Gasteiger partial charge < -0.3 is 15.2 Å². The number of carbonyl (C=O) groups is 1. The molecule has 6 heteroatoms. The molecule has 2 aromatic rings. The zero-order valence-corrected chi connectivity index (χ0v) is 14.2. The zero-order chi connectivity index (χ0) is 16.1. The number of carbonyl (C=O) groups excluding carboxylic acids is 1. The summed E-state index contributed by atoms with van der Waals surface area (Å²) >= 11 is 1.72. The third-order valence-electron chi connectivity index (χ3n) is 3.98. The minimum absolute atomic E-state index is 0.0370. The van der Waals surface area contributed by atoms with Crippen LogP contribution < -0.4 is 10.6 Å². The maximum absolute atomic E-state index is 12.3. The van der Waals surface area contributed by atoms with Gasteiger partial charge in [0.1, 0.15) is 12.4 Å². The molecule has 0 spiro atoms. The van der Waals surface area contributed by atoms with E-state index in [-0.39, 0.29) is 5.91 Å². The first-order chi connectivity index (χ1) is 11.3. The second-order valence-electron chi connectivity index (χ2n) is 5.63. The zero-order valence-electron chi connectivity index (χ0n) is 13.3. The number of fused-ring (bicyclic) bond motifs is 1. The molecule has 2 N–H and O–H groups in total. The lowest BCUT2D eigenvalue weighted by atomic mass is 10.1. The molecule has 0 atom stereocenters. The fourth-order valence-corrected chi connectivity index (χ4v) is 3.26. The highest BCUT2D eigenvalue weighted by Gasteiger charge is 2.13. The van der Waals surface area contributed by atoms with Crippen molar-refractivity contribution < 1.29 is 4.79 Å². The maximum Gasteiger partial charge on any atom is 0.240 e. The van der Waals surface area contributed by atoms with Gasteiger partial charge in [0.05, 0.1) is 16.8 Å². The number of nitrogens with one attached hydrogen (secondary N) is 2. The van der Waals surface area contributed by atoms with E-state index in [0.717, 1.165) is 42.1 Å². The number of rotatable bonds is 6. The van der Waals surface area contributed by atoms with Gasteiger partial charge in [-0.05, 0) is 31.4 Å². The van der Waals surface area contributed by atoms with Crippen molar-refractivity contribution in [3.8, 4) is 0 Å². The molecule has 0 aliphatic carbocycles. The molecule has 23 heavy (non-hydrogen) atoms. The van der Waals surface area contributed by atoms with E-state index in [9.17, 15) is 4.79 Å². The van der Waals surface area contributed by atoms with Gasteiger partial charge in [0.15, 0.2) is 0 Å². The summed E-state index contributed by atoms with van der Waals surface area (Å²) in [7, 11) is 0. The Bertz CT molecular complexity index is 722. The third kappa shape index (κ3) is 3.95. The topological polar surface area (TPSA) is 59.0 Å². The summed E-state index contributed by atoms with van der Waals surface area (Å²) in [5, 5.41) is 6.31. The third-order valence-corrected chi connectivity index (χ3v) is 4.53. The summed E-state index contributed by atoms with van der Waals surface area (Å²) in [5.74, 6) is 1.79. The Morgan fingerprint density at radius 2 is 2.30 bits per heavy atom. The predicted molar refractivity (Wildman–Crippen MR) is 95.5 cm³/mol. The number of nitrogens with zero attached hydrogens (tertiary/aromatic N) is 2. The summed E-state index contributed by atoms with van der Waals surface area (Å²) in [6.07, 6.45) is 5.22. The summed E-state index contributed by atoms with van der Waals surface area (Å²) < 4.78 is 2.03. The number of thioether (sulfide) groups is 1. The molecular formula is C17H22N4OS. The fourth-order valence-electron chi connectivity index (χ4n) is 2.78. The fraction of sp³-hybridized carbons (Fsp3) is 0.412. The Morgan fingerprint density at radius 3 is 3.09 bits per heavy atom. The molecule has 0 radical (unpaired) electrons. The SMILES string of the molecule is CSCc1nc2ccccc2n1CC(=O)NCC1=CCNCC1. The van der Waals surface area contributed by atoms with E-state index in [2.05, 4.69) is 21.7 Å². The molecule has 0 fully saturated rings. The first kappa shape index (κ1) is 16.1. The number of hydrogen-bond acceptors (Lipinski definition) is 4. The van der Waals surface area contributed by atoms with Gasteiger partial charge in [-0.15, -0.1) is 0 Å². The minimum atomic E-state index is 0.0370. The minimum Gasteiger partial charge on any atom is -0.351 e. The lowest BCUT2D eigenvalue weighted by Crippen LogP contribution is -2.32. The van der Waals surface area contributed by atoms with Crippen molar-refractivity contribution in [1.82, 2.24) is 20.2 Å². The monoisotopic (exact) mass is 330 g/mol. The van der Waals surface area contributed by atoms with Crippen molar-refractivity contribution in [1.29, 1.82) is 0 Å². The van der Waals surface area contributed by atoms with E-state index in [1.54, 1.807) is 11.8 Å². The lowest BCUT2D eigenvalue weighted by Gasteiger charge is -2.15. The van der Waals surface area contributed by atoms with Crippen molar-refractivity contribution in [2.45, 2.75) is 18.7 Å². The van der Waals surface area contributed by atoms with Crippen molar-refractivity contribution in [2.24, 2.45) is 0 Å². The molecule has 1 aliphatic heterocycles. The average Bonchev–Trinajstić information content (AvgIpc) is 2.92. The van der Waals surface area contributed by atoms with Gasteiger partial charge in [-0.2, -0.15) is 11.8 Å². The van der Waals surface area contributed by atoms with Gasteiger partial charge in [-0.1, -0.05) is 23.8 Å². The van der Waals surface area contributed by atoms with E-state index in [0.29, 0.717) is 13.1 Å². The van der Waals surface area contributed by atoms with E-state index in [4.69, 9.17) is 0 Å². The molecule has 0 bridgehead atoms. The van der Waals surface area contributed by atoms with E-state index >= 15 is 0 Å². The van der Waals surface area contributed by atoms with Crippen LogP contribution in [0.25, 0.3) is 11.0 Å². The first-order valence-corrected chi connectivity index (χ1v) is 9.25. The number of para-hydroxylation sites is 2. The van der Waals surface area contributed by atoms with Crippen LogP contribution in [0.15, 0.2) is 35.9 Å². The van der Waals surface area contributed by atoms with E-state index in [1.165, 1.54) is 5.57 Å². The number of aromatic nitrogens is 2. The number of amides is 1. The van der Waals surface area contributed by atoms with Crippen LogP contribution in [0.3, 0.4) is 0 Å². The molecule has 0 saturated carbocycles. The molecule has 122 valence electrons. The second kappa shape index (κ2) is 7.66. The maximum atomic E-state index is 12.3. The highest BCUT2D eigenvalue weighted by atomic mass is 32.2. The van der Waals surface area contributed by atoms with Gasteiger partial charge in [-0.3, -0.25) is 4.79 Å². The molecule has 1 aromatic carbocycles. The van der Waals surface area contributed by atoms with Crippen LogP contribution in [0.1, 0.15) is 12.2 Å². The molecule has 1 aliphatic rings. The van der Waals surface area contributed by atoms with Gasteiger partial charge in [-0.25, -0.2) is 4.98 Å². The van der Waals surface area contributed by atoms with Gasteiger partial charge in [0.25, 0.3) is 0 Å². The highest BCUT2D eigenvalue weighted by molar-refractivity contribution is 7.97. The van der Waals surface area contributed by atoms with Crippen LogP contribution in [0.4, 0.5) is 0 Å². The van der Waals surface area contributed by atoms with Crippen LogP contribution in [-0.4, -0.2) is 41.3 Å². The molecule has 0 unspecified atom stereocenters. The van der Waals surface area contributed by atoms with Crippen LogP contribution in [0.2, 0.25) is 0 Å². The summed E-state index contributed by atoms with van der Waals surface area (Å²) in [6.45, 7) is 2.86. The smallest absolute Gasteiger partial charge is 0.240 e. The van der Waals surface area contributed by atoms with Crippen LogP contribution in [0.5, 0.6) is 0 Å². The molecule has 1 amide bonds. The Labute approximate surface area is 140 Å². The quantitative estimate of drug-likeness (QED) is 0.795. The number of benzene rings is 1. The molecule has 0 saturated heterocycles. The van der Waals surface area contributed by atoms with Crippen molar-refractivity contribution >= 4 is 28.7 Å². The van der Waals surface area contributed by atoms with E-state index < -0.39 is 0 Å². The summed E-state index contributed by atoms with van der Waals surface area (Å²) in [5.41, 5.74) is 3.27. The van der Waals surface area contributed by atoms with Gasteiger partial charge in [0.2, 0.25) is 5.91 Å². The lowest BCUT2D eigenvalue weighted by molar-refractivity contribution is -0.121. The molecule has 2 heterocycles. The molecule has 1 aromatic heterocycles. The first-order valence-electron chi connectivity index (χ1n) is 7.86. The van der Waals surface area contributed by atoms with Gasteiger partial charge >= 0.3 is 0 Å². The normalized spacial score (nSPS) is 14.7. The molecular weight excluding hydrogens is 308 g/mol. The van der Waals surface area contributed by atoms with Crippen LogP contribution in [0, 0.1) is 0 Å². The second-order valence-corrected chi connectivity index (χ2v) is 6.50. The standard InChI is InChI=1S/C17H22N4OS/c1-23-12-16-20-14-4-2-3-5-15(14)21(16)11-17(22)19-10-13-6-8-18-9-7-13/h2-6,18H,7-12H2,1H3,(H,19,22). The number of hydrogen-bond donors (Lipinski definition) is 2. The molecule has 3 rings (SSSR count). The highest BCUT2D eigenvalue weighted by Crippen LogP contribution is 2.18. The van der Waals surface area contributed by atoms with Crippen molar-refractivity contribution in [2.75, 3.05) is 25.9 Å². The number of imidazole rings is 1. The Morgan fingerprint density at radius 1 is 1.43 bits per heavy atom. The average molecular weight is 330 g/mol. The predicted octanol–water partition coefficient (Wildman–Crippen LogP) is 1.94. The van der Waals surface area contributed by atoms with Crippen LogP contribution >= 0.6 is 11.8 Å². The van der Waals surface area contributed by atoms with E-state index in [1.807, 2.05) is 35.1 Å². The van der Waals surface area contributed by atoms with Crippen molar-refractivity contribution in [3.05, 3.63) is 41.7 Å². The largest absolute Gasteiger partial charge is 0.351 e. The molecule has 5 nitrogen and oxygen atoms in total. The summed E-state index contributed by atoms with van der Waals surface area (Å²) in [4.78, 5) is 17.0. The Kier molecular flexibility index (Phi) is 5.35. The Balaban J connectivity index is 1.70.